The largest absolute Gasteiger partial charge is 0.516 e. The Morgan fingerprint density at radius 1 is 1.00 bits per heavy atom. The first-order valence-corrected chi connectivity index (χ1v) is 14.4. The molecule has 0 bridgehead atoms. The molecule has 3 heterocycles. The summed E-state index contributed by atoms with van der Waals surface area (Å²) in [6.07, 6.45) is 0.257. The van der Waals surface area contributed by atoms with Crippen LogP contribution >= 0.6 is 0 Å². The second kappa shape index (κ2) is 11.8. The van der Waals surface area contributed by atoms with Gasteiger partial charge in [-0.3, -0.25) is 5.32 Å². The standard InChI is InChI=1S/C31H42BN5O7/c1-28(2,3)40-26(38)35-25-24(34-23(17-33-25)32-43-30(7,8)31(9,10)44-32)22-16-21(36-42-22)20-14-12-19(13-15-20)18-37(11)27(39)41-29(4,5)6/h12-17H,18H2,1-11H3,(H,33,35,38)/i16D. The number of amides is 2. The fourth-order valence-electron chi connectivity index (χ4n) is 4.05. The topological polar surface area (TPSA) is 138 Å². The highest BCUT2D eigenvalue weighted by molar-refractivity contribution is 6.61. The van der Waals surface area contributed by atoms with Crippen molar-refractivity contribution in [3.8, 4) is 22.7 Å². The maximum Gasteiger partial charge on any atom is 0.516 e. The molecule has 13 heteroatoms. The van der Waals surface area contributed by atoms with E-state index >= 15 is 0 Å². The van der Waals surface area contributed by atoms with E-state index in [4.69, 9.17) is 24.7 Å². The van der Waals surface area contributed by atoms with Crippen molar-refractivity contribution in [2.45, 2.75) is 98.2 Å². The molecule has 0 unspecified atom stereocenters. The molecule has 2 aromatic heterocycles. The second-order valence-electron chi connectivity index (χ2n) is 13.7. The van der Waals surface area contributed by atoms with Crippen LogP contribution in [0.3, 0.4) is 0 Å². The van der Waals surface area contributed by atoms with Crippen molar-refractivity contribution >= 4 is 30.7 Å². The normalized spacial score (nSPS) is 16.3. The number of aromatic nitrogens is 3. The fourth-order valence-corrected chi connectivity index (χ4v) is 4.05. The molecule has 3 aromatic rings. The van der Waals surface area contributed by atoms with Gasteiger partial charge in [0.25, 0.3) is 0 Å². The molecule has 0 atom stereocenters. The summed E-state index contributed by atoms with van der Waals surface area (Å²) in [7, 11) is 0.815. The highest BCUT2D eigenvalue weighted by Crippen LogP contribution is 2.37. The van der Waals surface area contributed by atoms with Gasteiger partial charge in [-0.25, -0.2) is 19.6 Å². The highest BCUT2D eigenvalue weighted by Gasteiger charge is 2.52. The molecule has 0 radical (unpaired) electrons. The van der Waals surface area contributed by atoms with Gasteiger partial charge in [-0.1, -0.05) is 29.4 Å². The maximum absolute atomic E-state index is 12.7. The quantitative estimate of drug-likeness (QED) is 0.341. The van der Waals surface area contributed by atoms with E-state index in [-0.39, 0.29) is 29.0 Å². The van der Waals surface area contributed by atoms with Gasteiger partial charge in [-0.05, 0) is 74.8 Å². The zero-order valence-electron chi connectivity index (χ0n) is 28.3. The third-order valence-corrected chi connectivity index (χ3v) is 6.93. The third-order valence-electron chi connectivity index (χ3n) is 6.93. The lowest BCUT2D eigenvalue weighted by atomic mass is 9.85. The molecular weight excluding hydrogens is 565 g/mol. The summed E-state index contributed by atoms with van der Waals surface area (Å²) < 4.78 is 37.7. The predicted octanol–water partition coefficient (Wildman–Crippen LogP) is 5.81. The lowest BCUT2D eigenvalue weighted by Gasteiger charge is -2.32. The first-order chi connectivity index (χ1) is 20.7. The Morgan fingerprint density at radius 2 is 1.59 bits per heavy atom. The van der Waals surface area contributed by atoms with Crippen molar-refractivity contribution in [1.82, 2.24) is 20.0 Å². The molecule has 0 spiro atoms. The van der Waals surface area contributed by atoms with Crippen LogP contribution in [0.15, 0.2) is 41.0 Å². The lowest BCUT2D eigenvalue weighted by Crippen LogP contribution is -2.41. The van der Waals surface area contributed by atoms with Crippen molar-refractivity contribution in [2.24, 2.45) is 0 Å². The number of anilines is 1. The minimum Gasteiger partial charge on any atom is -0.444 e. The van der Waals surface area contributed by atoms with E-state index in [1.54, 1.807) is 40.0 Å². The minimum atomic E-state index is -0.847. The first-order valence-electron chi connectivity index (χ1n) is 14.9. The van der Waals surface area contributed by atoms with E-state index in [1.807, 2.05) is 60.6 Å². The van der Waals surface area contributed by atoms with Crippen LogP contribution in [0, 0.1) is 0 Å². The van der Waals surface area contributed by atoms with Crippen molar-refractivity contribution in [3.63, 3.8) is 0 Å². The van der Waals surface area contributed by atoms with Gasteiger partial charge in [0.2, 0.25) is 0 Å². The third kappa shape index (κ3) is 7.94. The minimum absolute atomic E-state index is 0.0150. The molecule has 1 aromatic carbocycles. The molecule has 1 aliphatic rings. The van der Waals surface area contributed by atoms with Crippen molar-refractivity contribution in [1.29, 1.82) is 0 Å². The highest BCUT2D eigenvalue weighted by atomic mass is 16.7. The van der Waals surface area contributed by atoms with E-state index < -0.39 is 41.7 Å². The van der Waals surface area contributed by atoms with E-state index in [0.29, 0.717) is 17.7 Å². The van der Waals surface area contributed by atoms with Gasteiger partial charge in [0.15, 0.2) is 17.3 Å². The maximum atomic E-state index is 12.7. The number of carbonyl (C=O) groups is 2. The Morgan fingerprint density at radius 3 is 2.16 bits per heavy atom. The number of ether oxygens (including phenoxy) is 2. The van der Waals surface area contributed by atoms with Crippen LogP contribution < -0.4 is 10.9 Å². The molecular formula is C31H42BN5O7. The van der Waals surface area contributed by atoms with Gasteiger partial charge in [-0.2, -0.15) is 0 Å². The van der Waals surface area contributed by atoms with Crippen LogP contribution in [-0.2, 0) is 25.3 Å². The Hall–Kier alpha value is -3.97. The summed E-state index contributed by atoms with van der Waals surface area (Å²) in [5.74, 6) is -0.00286. The molecule has 1 saturated heterocycles. The Labute approximate surface area is 260 Å². The molecule has 236 valence electrons. The van der Waals surface area contributed by atoms with Gasteiger partial charge in [0.05, 0.1) is 18.2 Å². The number of carbonyl (C=O) groups excluding carboxylic acids is 2. The van der Waals surface area contributed by atoms with Crippen molar-refractivity contribution in [2.75, 3.05) is 12.4 Å². The molecule has 1 N–H and O–H groups in total. The molecule has 0 aliphatic carbocycles. The summed E-state index contributed by atoms with van der Waals surface area (Å²) in [6, 6.07) is 7.16. The van der Waals surface area contributed by atoms with Gasteiger partial charge < -0.3 is 28.2 Å². The van der Waals surface area contributed by atoms with Gasteiger partial charge in [0, 0.05) is 31.4 Å². The number of nitrogens with zero attached hydrogens (tertiary/aromatic N) is 4. The van der Waals surface area contributed by atoms with Crippen LogP contribution in [0.2, 0.25) is 0 Å². The number of hydrogen-bond donors (Lipinski definition) is 1. The Bertz CT molecular complexity index is 1550. The Kier molecular flexibility index (Phi) is 8.47. The molecule has 44 heavy (non-hydrogen) atoms. The summed E-state index contributed by atoms with van der Waals surface area (Å²) >= 11 is 0. The molecule has 12 nitrogen and oxygen atoms in total. The first kappa shape index (κ1) is 31.5. The van der Waals surface area contributed by atoms with Crippen LogP contribution in [0.1, 0.15) is 76.2 Å². The van der Waals surface area contributed by atoms with E-state index in [0.717, 1.165) is 5.56 Å². The monoisotopic (exact) mass is 608 g/mol. The summed E-state index contributed by atoms with van der Waals surface area (Å²) in [6.45, 7) is 18.7. The van der Waals surface area contributed by atoms with Gasteiger partial charge in [-0.15, -0.1) is 0 Å². The van der Waals surface area contributed by atoms with E-state index in [9.17, 15) is 9.59 Å². The van der Waals surface area contributed by atoms with E-state index in [1.165, 1.54) is 11.1 Å². The van der Waals surface area contributed by atoms with Crippen molar-refractivity contribution in [3.05, 3.63) is 42.1 Å². The van der Waals surface area contributed by atoms with Gasteiger partial charge >= 0.3 is 19.3 Å². The van der Waals surface area contributed by atoms with Crippen LogP contribution in [0.5, 0.6) is 0 Å². The van der Waals surface area contributed by atoms with Gasteiger partial charge in [0.1, 0.15) is 16.9 Å². The predicted molar refractivity (Wildman–Crippen MR) is 166 cm³/mol. The number of nitrogens with one attached hydrogen (secondary N) is 1. The second-order valence-corrected chi connectivity index (χ2v) is 13.7. The SMILES string of the molecule is [2H]c1c(-c2ccc(CN(C)C(=O)OC(C)(C)C)cc2)noc1-c1nc(B2OC(C)(C)C(C)(C)O2)cnc1NC(=O)OC(C)(C)C. The van der Waals surface area contributed by atoms with Crippen LogP contribution in [0.25, 0.3) is 22.7 Å². The summed E-state index contributed by atoms with van der Waals surface area (Å²) in [5.41, 5.74) is -0.497. The number of rotatable bonds is 6. The zero-order chi connectivity index (χ0) is 33.5. The zero-order valence-corrected chi connectivity index (χ0v) is 27.3. The average Bonchev–Trinajstić information content (AvgIpc) is 3.37. The van der Waals surface area contributed by atoms with Crippen LogP contribution in [-0.4, -0.2) is 68.8 Å². The average molecular weight is 609 g/mol. The molecule has 1 fully saturated rings. The lowest BCUT2D eigenvalue weighted by molar-refractivity contribution is 0.00578. The number of benzene rings is 1. The van der Waals surface area contributed by atoms with Crippen LogP contribution in [0.4, 0.5) is 15.4 Å². The van der Waals surface area contributed by atoms with Crippen molar-refractivity contribution < 1.29 is 34.3 Å². The molecule has 0 saturated carbocycles. The molecule has 2 amide bonds. The molecule has 4 rings (SSSR count). The Balaban J connectivity index is 1.65. The smallest absolute Gasteiger partial charge is 0.444 e. The summed E-state index contributed by atoms with van der Waals surface area (Å²) in [4.78, 5) is 35.6. The van der Waals surface area contributed by atoms with E-state index in [2.05, 4.69) is 20.4 Å². The summed E-state index contributed by atoms with van der Waals surface area (Å²) in [5, 5.41) is 6.76. The molecule has 1 aliphatic heterocycles. The number of hydrogen-bond acceptors (Lipinski definition) is 10. The fraction of sp³-hybridized carbons (Fsp3) is 0.516.